The first-order valence-corrected chi connectivity index (χ1v) is 9.27. The van der Waals surface area contributed by atoms with Crippen molar-refractivity contribution in [2.75, 3.05) is 18.4 Å². The van der Waals surface area contributed by atoms with Gasteiger partial charge in [-0.15, -0.1) is 0 Å². The van der Waals surface area contributed by atoms with E-state index in [9.17, 15) is 18.0 Å². The van der Waals surface area contributed by atoms with Gasteiger partial charge >= 0.3 is 0 Å². The topological polar surface area (TPSA) is 95.6 Å². The van der Waals surface area contributed by atoms with Crippen LogP contribution in [0.15, 0.2) is 29.2 Å². The van der Waals surface area contributed by atoms with E-state index in [2.05, 4.69) is 10.0 Å². The first-order valence-electron chi connectivity index (χ1n) is 7.78. The van der Waals surface area contributed by atoms with Crippen LogP contribution in [0.5, 0.6) is 0 Å². The molecule has 7 nitrogen and oxygen atoms in total. The van der Waals surface area contributed by atoms with Crippen LogP contribution in [0.2, 0.25) is 0 Å². The standard InChI is InChI=1S/C16H23N3O4S/c1-16(2,3)18-24(22,23)13-7-4-6-12(10-13)17-14(20)11-19-9-5-8-15(19)21/h4,6-7,10,18H,5,8-9,11H2,1-3H3,(H,17,20). The third-order valence-corrected chi connectivity index (χ3v) is 5.13. The Hall–Kier alpha value is -1.93. The molecule has 1 aliphatic rings. The molecule has 0 aromatic heterocycles. The lowest BCUT2D eigenvalue weighted by Gasteiger charge is -2.20. The molecule has 0 bridgehead atoms. The molecule has 1 saturated heterocycles. The lowest BCUT2D eigenvalue weighted by molar-refractivity contribution is -0.131. The van der Waals surface area contributed by atoms with Crippen molar-refractivity contribution in [3.05, 3.63) is 24.3 Å². The molecule has 1 aliphatic heterocycles. The Morgan fingerprint density at radius 1 is 1.29 bits per heavy atom. The molecule has 8 heteroatoms. The molecule has 2 rings (SSSR count). The highest BCUT2D eigenvalue weighted by molar-refractivity contribution is 7.89. The monoisotopic (exact) mass is 353 g/mol. The first-order chi connectivity index (χ1) is 11.1. The van der Waals surface area contributed by atoms with E-state index >= 15 is 0 Å². The zero-order chi connectivity index (χ0) is 18.0. The normalized spacial score (nSPS) is 15.6. The number of rotatable bonds is 5. The molecule has 1 aromatic rings. The molecule has 0 radical (unpaired) electrons. The van der Waals surface area contributed by atoms with Crippen LogP contribution < -0.4 is 10.0 Å². The zero-order valence-electron chi connectivity index (χ0n) is 14.1. The van der Waals surface area contributed by atoms with E-state index in [4.69, 9.17) is 0 Å². The summed E-state index contributed by atoms with van der Waals surface area (Å²) in [5.41, 5.74) is -0.225. The molecular formula is C16H23N3O4S. The number of carbonyl (C=O) groups excluding carboxylic acids is 2. The summed E-state index contributed by atoms with van der Waals surface area (Å²) in [6, 6.07) is 6.04. The molecule has 132 valence electrons. The van der Waals surface area contributed by atoms with Crippen LogP contribution in [0.1, 0.15) is 33.6 Å². The number of anilines is 1. The Morgan fingerprint density at radius 2 is 2.00 bits per heavy atom. The van der Waals surface area contributed by atoms with Gasteiger partial charge in [0, 0.05) is 24.2 Å². The van der Waals surface area contributed by atoms with E-state index in [1.807, 2.05) is 0 Å². The summed E-state index contributed by atoms with van der Waals surface area (Å²) in [4.78, 5) is 25.1. The lowest BCUT2D eigenvalue weighted by Crippen LogP contribution is -2.40. The Balaban J connectivity index is 2.07. The molecule has 0 aliphatic carbocycles. The highest BCUT2D eigenvalue weighted by Gasteiger charge is 2.24. The molecule has 1 aromatic carbocycles. The van der Waals surface area contributed by atoms with Crippen molar-refractivity contribution in [1.82, 2.24) is 9.62 Å². The average Bonchev–Trinajstić information content (AvgIpc) is 2.82. The van der Waals surface area contributed by atoms with Crippen molar-refractivity contribution < 1.29 is 18.0 Å². The van der Waals surface area contributed by atoms with Crippen LogP contribution in [0.25, 0.3) is 0 Å². The van der Waals surface area contributed by atoms with Crippen molar-refractivity contribution in [2.24, 2.45) is 0 Å². The van der Waals surface area contributed by atoms with Crippen molar-refractivity contribution in [3.8, 4) is 0 Å². The Kier molecular flexibility index (Phi) is 5.29. The number of carbonyl (C=O) groups is 2. The van der Waals surface area contributed by atoms with Gasteiger partial charge in [-0.1, -0.05) is 6.07 Å². The van der Waals surface area contributed by atoms with E-state index in [0.717, 1.165) is 6.42 Å². The van der Waals surface area contributed by atoms with E-state index in [0.29, 0.717) is 18.7 Å². The summed E-state index contributed by atoms with van der Waals surface area (Å²) in [7, 11) is -3.67. The Labute approximate surface area is 142 Å². The third-order valence-electron chi connectivity index (χ3n) is 3.37. The summed E-state index contributed by atoms with van der Waals surface area (Å²) in [6.45, 7) is 5.82. The van der Waals surface area contributed by atoms with Gasteiger partial charge in [-0.05, 0) is 45.4 Å². The molecule has 0 unspecified atom stereocenters. The highest BCUT2D eigenvalue weighted by Crippen LogP contribution is 2.18. The predicted octanol–water partition coefficient (Wildman–Crippen LogP) is 1.32. The molecule has 2 N–H and O–H groups in total. The molecule has 0 saturated carbocycles. The number of hydrogen-bond acceptors (Lipinski definition) is 4. The van der Waals surface area contributed by atoms with Crippen molar-refractivity contribution in [1.29, 1.82) is 0 Å². The number of sulfonamides is 1. The second kappa shape index (κ2) is 6.90. The molecule has 2 amide bonds. The Morgan fingerprint density at radius 3 is 2.58 bits per heavy atom. The molecule has 24 heavy (non-hydrogen) atoms. The molecule has 0 atom stereocenters. The number of hydrogen-bond donors (Lipinski definition) is 2. The molecule has 1 heterocycles. The van der Waals surface area contributed by atoms with Gasteiger partial charge in [0.25, 0.3) is 0 Å². The fourth-order valence-corrected chi connectivity index (χ4v) is 3.91. The number of nitrogens with zero attached hydrogens (tertiary/aromatic N) is 1. The van der Waals surface area contributed by atoms with E-state index in [-0.39, 0.29) is 23.3 Å². The van der Waals surface area contributed by atoms with Gasteiger partial charge in [0.2, 0.25) is 21.8 Å². The van der Waals surface area contributed by atoms with Gasteiger partial charge in [-0.3, -0.25) is 9.59 Å². The SMILES string of the molecule is CC(C)(C)NS(=O)(=O)c1cccc(NC(=O)CN2CCCC2=O)c1. The predicted molar refractivity (Wildman–Crippen MR) is 91.0 cm³/mol. The summed E-state index contributed by atoms with van der Waals surface area (Å²) >= 11 is 0. The van der Waals surface area contributed by atoms with Gasteiger partial charge in [0.15, 0.2) is 0 Å². The molecule has 1 fully saturated rings. The van der Waals surface area contributed by atoms with E-state index in [1.54, 1.807) is 32.9 Å². The van der Waals surface area contributed by atoms with Gasteiger partial charge in [-0.25, -0.2) is 13.1 Å². The number of amides is 2. The van der Waals surface area contributed by atoms with Gasteiger partial charge < -0.3 is 10.2 Å². The minimum absolute atomic E-state index is 0.0178. The summed E-state index contributed by atoms with van der Waals surface area (Å²) < 4.78 is 27.2. The van der Waals surface area contributed by atoms with Crippen molar-refractivity contribution >= 4 is 27.5 Å². The van der Waals surface area contributed by atoms with Crippen LogP contribution in [-0.4, -0.2) is 43.8 Å². The van der Waals surface area contributed by atoms with Crippen molar-refractivity contribution in [2.45, 2.75) is 44.0 Å². The maximum atomic E-state index is 12.3. The highest BCUT2D eigenvalue weighted by atomic mass is 32.2. The van der Waals surface area contributed by atoms with Crippen LogP contribution in [-0.2, 0) is 19.6 Å². The van der Waals surface area contributed by atoms with Gasteiger partial charge in [0.1, 0.15) is 0 Å². The van der Waals surface area contributed by atoms with Crippen LogP contribution in [0.4, 0.5) is 5.69 Å². The van der Waals surface area contributed by atoms with Gasteiger partial charge in [0.05, 0.1) is 11.4 Å². The first kappa shape index (κ1) is 18.4. The third kappa shape index (κ3) is 5.04. The largest absolute Gasteiger partial charge is 0.333 e. The van der Waals surface area contributed by atoms with Gasteiger partial charge in [-0.2, -0.15) is 0 Å². The number of benzene rings is 1. The quantitative estimate of drug-likeness (QED) is 0.835. The summed E-state index contributed by atoms with van der Waals surface area (Å²) in [5, 5.41) is 2.64. The minimum atomic E-state index is -3.67. The zero-order valence-corrected chi connectivity index (χ0v) is 14.9. The second-order valence-corrected chi connectivity index (χ2v) is 8.53. The Bertz CT molecular complexity index is 738. The van der Waals surface area contributed by atoms with E-state index < -0.39 is 15.6 Å². The van der Waals surface area contributed by atoms with Crippen LogP contribution in [0, 0.1) is 0 Å². The fourth-order valence-electron chi connectivity index (χ4n) is 2.45. The minimum Gasteiger partial charge on any atom is -0.333 e. The van der Waals surface area contributed by atoms with Crippen molar-refractivity contribution in [3.63, 3.8) is 0 Å². The molecular weight excluding hydrogens is 330 g/mol. The summed E-state index contributed by atoms with van der Waals surface area (Å²) in [5.74, 6) is -0.376. The summed E-state index contributed by atoms with van der Waals surface area (Å²) in [6.07, 6.45) is 1.23. The lowest BCUT2D eigenvalue weighted by atomic mass is 10.1. The molecule has 0 spiro atoms. The average molecular weight is 353 g/mol. The number of likely N-dealkylation sites (tertiary alicyclic amines) is 1. The second-order valence-electron chi connectivity index (χ2n) is 6.85. The maximum Gasteiger partial charge on any atom is 0.243 e. The van der Waals surface area contributed by atoms with Crippen LogP contribution >= 0.6 is 0 Å². The number of nitrogens with one attached hydrogen (secondary N) is 2. The van der Waals surface area contributed by atoms with E-state index in [1.165, 1.54) is 17.0 Å². The van der Waals surface area contributed by atoms with Crippen LogP contribution in [0.3, 0.4) is 0 Å². The maximum absolute atomic E-state index is 12.3. The fraction of sp³-hybridized carbons (Fsp3) is 0.500. The smallest absolute Gasteiger partial charge is 0.243 e.